The van der Waals surface area contributed by atoms with Crippen LogP contribution < -0.4 is 20.1 Å². The van der Waals surface area contributed by atoms with Crippen molar-refractivity contribution in [1.82, 2.24) is 10.6 Å². The van der Waals surface area contributed by atoms with Crippen LogP contribution >= 0.6 is 0 Å². The van der Waals surface area contributed by atoms with E-state index in [9.17, 15) is 13.9 Å². The Hall–Kier alpha value is -3.03. The number of methoxy groups -OCH3 is 1. The topological polar surface area (TPSA) is 75.1 Å². The van der Waals surface area contributed by atoms with Gasteiger partial charge in [-0.05, 0) is 38.0 Å². The fourth-order valence-electron chi connectivity index (χ4n) is 2.75. The highest BCUT2D eigenvalue weighted by Gasteiger charge is 2.10. The van der Waals surface area contributed by atoms with Crippen LogP contribution in [-0.2, 0) is 13.0 Å². The van der Waals surface area contributed by atoms with Crippen molar-refractivity contribution in [2.24, 2.45) is 4.99 Å². The molecule has 0 saturated heterocycles. The smallest absolute Gasteiger partial charge is 0.387 e. The maximum Gasteiger partial charge on any atom is 0.387 e. The highest BCUT2D eigenvalue weighted by Crippen LogP contribution is 2.24. The number of aryl methyl sites for hydroxylation is 1. The quantitative estimate of drug-likeness (QED) is 0.437. The van der Waals surface area contributed by atoms with E-state index in [-0.39, 0.29) is 18.0 Å². The van der Waals surface area contributed by atoms with E-state index in [1.54, 1.807) is 37.4 Å². The van der Waals surface area contributed by atoms with E-state index in [0.717, 1.165) is 11.1 Å². The second-order valence-electron chi connectivity index (χ2n) is 6.36. The highest BCUT2D eigenvalue weighted by molar-refractivity contribution is 5.79. The van der Waals surface area contributed by atoms with Gasteiger partial charge in [-0.1, -0.05) is 23.8 Å². The molecule has 6 nitrogen and oxygen atoms in total. The SMILES string of the molecule is CCNC(=NCc1cc(C)ccc1OC(F)F)NCCc1ccc(OC)cc1O. The Labute approximate surface area is 169 Å². The summed E-state index contributed by atoms with van der Waals surface area (Å²) in [4.78, 5) is 4.46. The third-order valence-electron chi connectivity index (χ3n) is 4.16. The summed E-state index contributed by atoms with van der Waals surface area (Å²) >= 11 is 0. The molecule has 2 aromatic carbocycles. The summed E-state index contributed by atoms with van der Waals surface area (Å²) in [6.07, 6.45) is 0.574. The zero-order chi connectivity index (χ0) is 21.2. The molecule has 29 heavy (non-hydrogen) atoms. The van der Waals surface area contributed by atoms with Crippen LogP contribution in [0, 0.1) is 6.92 Å². The number of rotatable bonds is 9. The Morgan fingerprint density at radius 1 is 1.14 bits per heavy atom. The largest absolute Gasteiger partial charge is 0.508 e. The maximum atomic E-state index is 12.6. The molecule has 0 aliphatic carbocycles. The normalized spacial score (nSPS) is 11.4. The van der Waals surface area contributed by atoms with Crippen LogP contribution in [0.25, 0.3) is 0 Å². The molecule has 0 amide bonds. The number of alkyl halides is 2. The van der Waals surface area contributed by atoms with Gasteiger partial charge in [-0.2, -0.15) is 8.78 Å². The van der Waals surface area contributed by atoms with E-state index < -0.39 is 6.61 Å². The van der Waals surface area contributed by atoms with Crippen molar-refractivity contribution in [2.45, 2.75) is 33.4 Å². The zero-order valence-corrected chi connectivity index (χ0v) is 16.8. The molecule has 0 spiro atoms. The van der Waals surface area contributed by atoms with Gasteiger partial charge in [0.2, 0.25) is 0 Å². The molecule has 3 N–H and O–H groups in total. The van der Waals surface area contributed by atoms with Crippen LogP contribution in [0.3, 0.4) is 0 Å². The number of ether oxygens (including phenoxy) is 2. The van der Waals surface area contributed by atoms with Gasteiger partial charge >= 0.3 is 6.61 Å². The second-order valence-corrected chi connectivity index (χ2v) is 6.36. The summed E-state index contributed by atoms with van der Waals surface area (Å²) in [5.41, 5.74) is 2.29. The van der Waals surface area contributed by atoms with E-state index in [2.05, 4.69) is 20.4 Å². The van der Waals surface area contributed by atoms with Crippen LogP contribution in [0.5, 0.6) is 17.2 Å². The van der Waals surface area contributed by atoms with Crippen LogP contribution in [0.2, 0.25) is 0 Å². The molecule has 0 atom stereocenters. The molecule has 0 aliphatic heterocycles. The van der Waals surface area contributed by atoms with Gasteiger partial charge in [0.15, 0.2) is 5.96 Å². The molecule has 0 heterocycles. The number of aliphatic imine (C=N–C) groups is 1. The number of hydrogen-bond donors (Lipinski definition) is 3. The maximum absolute atomic E-state index is 12.6. The monoisotopic (exact) mass is 407 g/mol. The number of nitrogens with zero attached hydrogens (tertiary/aromatic N) is 1. The average molecular weight is 407 g/mol. The number of phenolic OH excluding ortho intramolecular Hbond substituents is 1. The number of guanidine groups is 1. The highest BCUT2D eigenvalue weighted by atomic mass is 19.3. The van der Waals surface area contributed by atoms with Crippen molar-refractivity contribution in [3.8, 4) is 17.2 Å². The molecule has 0 radical (unpaired) electrons. The standard InChI is InChI=1S/C21H27F2N3O3/c1-4-24-21(25-10-9-15-6-7-17(28-3)12-18(15)27)26-13-16-11-14(2)5-8-19(16)29-20(22)23/h5-8,11-12,20,27H,4,9-10,13H2,1-3H3,(H2,24,25,26). The molecule has 0 aromatic heterocycles. The molecule has 0 saturated carbocycles. The number of hydrogen-bond acceptors (Lipinski definition) is 4. The minimum absolute atomic E-state index is 0.119. The summed E-state index contributed by atoms with van der Waals surface area (Å²) in [7, 11) is 1.54. The van der Waals surface area contributed by atoms with Crippen molar-refractivity contribution >= 4 is 5.96 Å². The van der Waals surface area contributed by atoms with Crippen LogP contribution in [0.4, 0.5) is 8.78 Å². The number of aromatic hydroxyl groups is 1. The number of benzene rings is 2. The van der Waals surface area contributed by atoms with Gasteiger partial charge in [0.25, 0.3) is 0 Å². The van der Waals surface area contributed by atoms with E-state index in [1.807, 2.05) is 13.8 Å². The molecule has 0 unspecified atom stereocenters. The molecular weight excluding hydrogens is 380 g/mol. The molecule has 2 aromatic rings. The molecule has 158 valence electrons. The lowest BCUT2D eigenvalue weighted by Gasteiger charge is -2.14. The van der Waals surface area contributed by atoms with E-state index >= 15 is 0 Å². The molecule has 0 fully saturated rings. The summed E-state index contributed by atoms with van der Waals surface area (Å²) in [5, 5.41) is 16.3. The Bertz CT molecular complexity index is 829. The Kier molecular flexibility index (Phi) is 8.51. The lowest BCUT2D eigenvalue weighted by Crippen LogP contribution is -2.38. The fourth-order valence-corrected chi connectivity index (χ4v) is 2.75. The third-order valence-corrected chi connectivity index (χ3v) is 4.16. The third kappa shape index (κ3) is 7.14. The summed E-state index contributed by atoms with van der Waals surface area (Å²) in [6, 6.07) is 10.2. The summed E-state index contributed by atoms with van der Waals surface area (Å²) in [6.45, 7) is 2.29. The van der Waals surface area contributed by atoms with E-state index in [1.165, 1.54) is 6.07 Å². The summed E-state index contributed by atoms with van der Waals surface area (Å²) in [5.74, 6) is 1.43. The Morgan fingerprint density at radius 3 is 2.59 bits per heavy atom. The Balaban J connectivity index is 2.02. The number of halogens is 2. The molecular formula is C21H27F2N3O3. The van der Waals surface area contributed by atoms with Gasteiger partial charge in [0, 0.05) is 24.7 Å². The van der Waals surface area contributed by atoms with Crippen molar-refractivity contribution in [3.63, 3.8) is 0 Å². The minimum Gasteiger partial charge on any atom is -0.508 e. The van der Waals surface area contributed by atoms with Gasteiger partial charge < -0.3 is 25.2 Å². The lowest BCUT2D eigenvalue weighted by molar-refractivity contribution is -0.0504. The molecule has 0 aliphatic rings. The lowest BCUT2D eigenvalue weighted by atomic mass is 10.1. The molecule has 0 bridgehead atoms. The van der Waals surface area contributed by atoms with Crippen molar-refractivity contribution in [2.75, 3.05) is 20.2 Å². The van der Waals surface area contributed by atoms with E-state index in [4.69, 9.17) is 4.74 Å². The van der Waals surface area contributed by atoms with Crippen molar-refractivity contribution < 1.29 is 23.4 Å². The number of nitrogens with one attached hydrogen (secondary N) is 2. The molecule has 2 rings (SSSR count). The van der Waals surface area contributed by atoms with Crippen LogP contribution in [0.15, 0.2) is 41.4 Å². The Morgan fingerprint density at radius 2 is 1.93 bits per heavy atom. The van der Waals surface area contributed by atoms with Gasteiger partial charge in [0.1, 0.15) is 17.2 Å². The summed E-state index contributed by atoms with van der Waals surface area (Å²) < 4.78 is 34.9. The van der Waals surface area contributed by atoms with Crippen molar-refractivity contribution in [1.29, 1.82) is 0 Å². The van der Waals surface area contributed by atoms with Gasteiger partial charge in [-0.15, -0.1) is 0 Å². The zero-order valence-electron chi connectivity index (χ0n) is 16.8. The van der Waals surface area contributed by atoms with Crippen LogP contribution in [0.1, 0.15) is 23.6 Å². The minimum atomic E-state index is -2.89. The molecule has 8 heteroatoms. The van der Waals surface area contributed by atoms with Gasteiger partial charge in [-0.3, -0.25) is 0 Å². The van der Waals surface area contributed by atoms with Crippen molar-refractivity contribution in [3.05, 3.63) is 53.1 Å². The first-order valence-electron chi connectivity index (χ1n) is 9.35. The predicted octanol–water partition coefficient (Wildman–Crippen LogP) is 3.61. The van der Waals surface area contributed by atoms with E-state index in [0.29, 0.717) is 36.8 Å². The fraction of sp³-hybridized carbons (Fsp3) is 0.381. The van der Waals surface area contributed by atoms with Crippen LogP contribution in [-0.4, -0.2) is 37.9 Å². The van der Waals surface area contributed by atoms with Gasteiger partial charge in [-0.25, -0.2) is 4.99 Å². The number of phenols is 1. The van der Waals surface area contributed by atoms with Gasteiger partial charge in [0.05, 0.1) is 13.7 Å². The first-order valence-corrected chi connectivity index (χ1v) is 9.35. The second kappa shape index (κ2) is 11.1. The first kappa shape index (κ1) is 22.3. The average Bonchev–Trinajstić information content (AvgIpc) is 2.68. The predicted molar refractivity (Wildman–Crippen MR) is 109 cm³/mol. The first-order chi connectivity index (χ1) is 13.9.